The first-order chi connectivity index (χ1) is 14.5. The number of hydrogen-bond acceptors (Lipinski definition) is 9. The average molecular weight is 418 g/mol. The van der Waals surface area contributed by atoms with E-state index in [-0.39, 0.29) is 29.6 Å². The SMILES string of the molecule is COc1cc(/C=C/C(=O)c2c(O)cc3c(c2OC)OCO3)c(OC)c(OC)c1OC. The third-order valence-corrected chi connectivity index (χ3v) is 4.48. The smallest absolute Gasteiger partial charge is 0.231 e. The second-order valence-electron chi connectivity index (χ2n) is 6.00. The van der Waals surface area contributed by atoms with E-state index in [4.69, 9.17) is 33.2 Å². The Hall–Kier alpha value is -3.75. The molecule has 0 bridgehead atoms. The fraction of sp³-hybridized carbons (Fsp3) is 0.286. The van der Waals surface area contributed by atoms with E-state index in [1.54, 1.807) is 6.07 Å². The fourth-order valence-corrected chi connectivity index (χ4v) is 3.16. The Kier molecular flexibility index (Phi) is 6.10. The molecule has 160 valence electrons. The Balaban J connectivity index is 2.06. The normalized spacial score (nSPS) is 12.0. The second kappa shape index (κ2) is 8.73. The summed E-state index contributed by atoms with van der Waals surface area (Å²) in [5.41, 5.74) is 0.448. The summed E-state index contributed by atoms with van der Waals surface area (Å²) < 4.78 is 37.4. The first-order valence-electron chi connectivity index (χ1n) is 8.79. The van der Waals surface area contributed by atoms with Crippen LogP contribution in [0.1, 0.15) is 15.9 Å². The van der Waals surface area contributed by atoms with E-state index in [9.17, 15) is 9.90 Å². The number of phenolic OH excluding ortho intramolecular Hbond substituents is 1. The van der Waals surface area contributed by atoms with Crippen LogP contribution in [0.25, 0.3) is 6.08 Å². The van der Waals surface area contributed by atoms with E-state index in [0.29, 0.717) is 34.3 Å². The van der Waals surface area contributed by atoms with Gasteiger partial charge in [0.05, 0.1) is 35.5 Å². The minimum absolute atomic E-state index is 0.0265. The zero-order valence-corrected chi connectivity index (χ0v) is 17.2. The second-order valence-corrected chi connectivity index (χ2v) is 6.00. The number of methoxy groups -OCH3 is 5. The van der Waals surface area contributed by atoms with Gasteiger partial charge in [0.1, 0.15) is 11.3 Å². The van der Waals surface area contributed by atoms with Crippen LogP contribution in [0.4, 0.5) is 0 Å². The largest absolute Gasteiger partial charge is 0.507 e. The summed E-state index contributed by atoms with van der Waals surface area (Å²) in [5.74, 6) is 1.26. The lowest BCUT2D eigenvalue weighted by molar-refractivity contribution is 0.104. The van der Waals surface area contributed by atoms with E-state index < -0.39 is 5.78 Å². The first-order valence-corrected chi connectivity index (χ1v) is 8.79. The standard InChI is InChI=1S/C21H22O9/c1-24-14-8-11(17(25-2)21(28-5)18(14)26-3)6-7-12(22)16-13(23)9-15-19(20(16)27-4)30-10-29-15/h6-9,23H,10H2,1-5H3/b7-6+. The summed E-state index contributed by atoms with van der Waals surface area (Å²) in [6.07, 6.45) is 2.78. The van der Waals surface area contributed by atoms with Gasteiger partial charge in [-0.25, -0.2) is 0 Å². The molecular weight excluding hydrogens is 396 g/mol. The number of ether oxygens (including phenoxy) is 7. The van der Waals surface area contributed by atoms with E-state index in [1.165, 1.54) is 53.8 Å². The zero-order valence-electron chi connectivity index (χ0n) is 17.2. The molecule has 0 fully saturated rings. The Morgan fingerprint density at radius 3 is 2.17 bits per heavy atom. The summed E-state index contributed by atoms with van der Waals surface area (Å²) in [7, 11) is 7.27. The lowest BCUT2D eigenvalue weighted by Gasteiger charge is -2.17. The van der Waals surface area contributed by atoms with E-state index >= 15 is 0 Å². The first kappa shape index (κ1) is 21.0. The van der Waals surface area contributed by atoms with Crippen LogP contribution >= 0.6 is 0 Å². The molecule has 0 aromatic heterocycles. The van der Waals surface area contributed by atoms with Crippen molar-refractivity contribution in [2.24, 2.45) is 0 Å². The van der Waals surface area contributed by atoms with Gasteiger partial charge in [0.25, 0.3) is 0 Å². The molecule has 0 saturated heterocycles. The molecule has 1 N–H and O–H groups in total. The predicted octanol–water partition coefficient (Wildman–Crippen LogP) is 3.06. The molecule has 0 radical (unpaired) electrons. The highest BCUT2D eigenvalue weighted by atomic mass is 16.7. The van der Waals surface area contributed by atoms with E-state index in [2.05, 4.69) is 0 Å². The van der Waals surface area contributed by atoms with Gasteiger partial charge in [-0.1, -0.05) is 0 Å². The van der Waals surface area contributed by atoms with Crippen LogP contribution in [-0.2, 0) is 0 Å². The van der Waals surface area contributed by atoms with Crippen molar-refractivity contribution in [3.05, 3.63) is 29.3 Å². The van der Waals surface area contributed by atoms with Crippen LogP contribution in [0, 0.1) is 0 Å². The molecule has 0 spiro atoms. The van der Waals surface area contributed by atoms with Gasteiger partial charge in [-0.3, -0.25) is 4.79 Å². The fourth-order valence-electron chi connectivity index (χ4n) is 3.16. The van der Waals surface area contributed by atoms with Gasteiger partial charge >= 0.3 is 0 Å². The number of benzene rings is 2. The lowest BCUT2D eigenvalue weighted by Crippen LogP contribution is -2.02. The number of rotatable bonds is 8. The number of carbonyl (C=O) groups is 1. The molecule has 9 nitrogen and oxygen atoms in total. The molecule has 0 atom stereocenters. The lowest BCUT2D eigenvalue weighted by atomic mass is 10.0. The van der Waals surface area contributed by atoms with Crippen molar-refractivity contribution < 1.29 is 43.1 Å². The van der Waals surface area contributed by atoms with Crippen LogP contribution in [0.2, 0.25) is 0 Å². The minimum Gasteiger partial charge on any atom is -0.507 e. The Morgan fingerprint density at radius 2 is 1.57 bits per heavy atom. The number of aromatic hydroxyl groups is 1. The third kappa shape index (κ3) is 3.49. The average Bonchev–Trinajstić information content (AvgIpc) is 3.22. The molecule has 0 aliphatic carbocycles. The van der Waals surface area contributed by atoms with Crippen LogP contribution in [0.15, 0.2) is 18.2 Å². The van der Waals surface area contributed by atoms with Gasteiger partial charge in [0, 0.05) is 11.6 Å². The minimum atomic E-state index is -0.515. The third-order valence-electron chi connectivity index (χ3n) is 4.48. The Labute approximate surface area is 173 Å². The molecule has 0 saturated carbocycles. The summed E-state index contributed by atoms with van der Waals surface area (Å²) in [6.45, 7) is -0.0265. The number of allylic oxidation sites excluding steroid dienone is 1. The van der Waals surface area contributed by atoms with Crippen molar-refractivity contribution in [1.29, 1.82) is 0 Å². The molecule has 0 unspecified atom stereocenters. The van der Waals surface area contributed by atoms with Gasteiger partial charge < -0.3 is 38.3 Å². The molecule has 30 heavy (non-hydrogen) atoms. The van der Waals surface area contributed by atoms with Crippen LogP contribution < -0.4 is 33.2 Å². The number of hydrogen-bond donors (Lipinski definition) is 1. The van der Waals surface area contributed by atoms with Crippen molar-refractivity contribution in [3.63, 3.8) is 0 Å². The maximum absolute atomic E-state index is 12.9. The highest BCUT2D eigenvalue weighted by molar-refractivity contribution is 6.11. The number of fused-ring (bicyclic) bond motifs is 1. The summed E-state index contributed by atoms with van der Waals surface area (Å²) in [6, 6.07) is 2.95. The molecule has 1 aliphatic rings. The molecule has 0 amide bonds. The maximum atomic E-state index is 12.9. The highest BCUT2D eigenvalue weighted by Crippen LogP contribution is 2.49. The molecule has 2 aromatic carbocycles. The van der Waals surface area contributed by atoms with Gasteiger partial charge in [-0.15, -0.1) is 0 Å². The molecule has 9 heteroatoms. The van der Waals surface area contributed by atoms with Crippen molar-refractivity contribution in [2.75, 3.05) is 42.3 Å². The molecule has 1 heterocycles. The highest BCUT2D eigenvalue weighted by Gasteiger charge is 2.28. The van der Waals surface area contributed by atoms with Crippen LogP contribution in [-0.4, -0.2) is 53.2 Å². The topological polar surface area (TPSA) is 102 Å². The van der Waals surface area contributed by atoms with Crippen molar-refractivity contribution in [2.45, 2.75) is 0 Å². The number of carbonyl (C=O) groups excluding carboxylic acids is 1. The summed E-state index contributed by atoms with van der Waals surface area (Å²) >= 11 is 0. The quantitative estimate of drug-likeness (QED) is 0.512. The maximum Gasteiger partial charge on any atom is 0.231 e. The van der Waals surface area contributed by atoms with Gasteiger partial charge in [-0.05, 0) is 18.2 Å². The van der Waals surface area contributed by atoms with Gasteiger partial charge in [0.15, 0.2) is 28.8 Å². The Morgan fingerprint density at radius 1 is 0.900 bits per heavy atom. The van der Waals surface area contributed by atoms with Crippen molar-refractivity contribution in [3.8, 4) is 46.0 Å². The van der Waals surface area contributed by atoms with E-state index in [0.717, 1.165) is 0 Å². The predicted molar refractivity (Wildman–Crippen MR) is 107 cm³/mol. The zero-order chi connectivity index (χ0) is 21.8. The van der Waals surface area contributed by atoms with Crippen molar-refractivity contribution in [1.82, 2.24) is 0 Å². The molecule has 1 aliphatic heterocycles. The van der Waals surface area contributed by atoms with E-state index in [1.807, 2.05) is 0 Å². The van der Waals surface area contributed by atoms with Gasteiger partial charge in [-0.2, -0.15) is 0 Å². The van der Waals surface area contributed by atoms with Gasteiger partial charge in [0.2, 0.25) is 24.0 Å². The summed E-state index contributed by atoms with van der Waals surface area (Å²) in [4.78, 5) is 12.9. The molecule has 2 aromatic rings. The monoisotopic (exact) mass is 418 g/mol. The molecule has 3 rings (SSSR count). The van der Waals surface area contributed by atoms with Crippen molar-refractivity contribution >= 4 is 11.9 Å². The Bertz CT molecular complexity index is 995. The number of ketones is 1. The molecular formula is C21H22O9. The summed E-state index contributed by atoms with van der Waals surface area (Å²) in [5, 5.41) is 10.3. The number of phenols is 1. The van der Waals surface area contributed by atoms with Crippen LogP contribution in [0.5, 0.6) is 46.0 Å². The van der Waals surface area contributed by atoms with Crippen LogP contribution in [0.3, 0.4) is 0 Å².